The first-order chi connectivity index (χ1) is 10.9. The minimum absolute atomic E-state index is 0.0316. The number of aldehydes is 1. The summed E-state index contributed by atoms with van der Waals surface area (Å²) >= 11 is 0. The molecule has 6 nitrogen and oxygen atoms in total. The van der Waals surface area contributed by atoms with E-state index in [9.17, 15) is 24.9 Å². The van der Waals surface area contributed by atoms with Crippen molar-refractivity contribution in [2.75, 3.05) is 0 Å². The number of phenols is 1. The second-order valence-corrected chi connectivity index (χ2v) is 5.36. The molecule has 23 heavy (non-hydrogen) atoms. The molecule has 6 heteroatoms. The van der Waals surface area contributed by atoms with Crippen molar-refractivity contribution in [2.45, 2.75) is 32.8 Å². The molecule has 2 rings (SSSR count). The van der Waals surface area contributed by atoms with E-state index in [-0.39, 0.29) is 23.5 Å². The Bertz CT molecular complexity index is 790. The van der Waals surface area contributed by atoms with Crippen LogP contribution in [-0.2, 0) is 6.42 Å². The van der Waals surface area contributed by atoms with Crippen LogP contribution in [0.4, 0.5) is 0 Å². The van der Waals surface area contributed by atoms with Gasteiger partial charge in [0, 0.05) is 11.6 Å². The summed E-state index contributed by atoms with van der Waals surface area (Å²) < 4.78 is 5.20. The minimum atomic E-state index is -0.724. The lowest BCUT2D eigenvalue weighted by molar-refractivity contribution is 0.111. The smallest absolute Gasteiger partial charge is 0.286 e. The molecular formula is C17H18O6. The van der Waals surface area contributed by atoms with E-state index >= 15 is 0 Å². The molecule has 0 aliphatic rings. The van der Waals surface area contributed by atoms with Crippen LogP contribution >= 0.6 is 0 Å². The van der Waals surface area contributed by atoms with Gasteiger partial charge in [0.1, 0.15) is 11.5 Å². The third-order valence-corrected chi connectivity index (χ3v) is 3.68. The summed E-state index contributed by atoms with van der Waals surface area (Å²) in [6.45, 7) is 3.46. The molecule has 1 heterocycles. The molecule has 2 aromatic rings. The van der Waals surface area contributed by atoms with Crippen LogP contribution in [0, 0.1) is 6.92 Å². The zero-order valence-corrected chi connectivity index (χ0v) is 12.9. The number of aliphatic hydroxyl groups excluding tert-OH is 1. The maximum absolute atomic E-state index is 11.6. The van der Waals surface area contributed by atoms with Crippen molar-refractivity contribution in [3.63, 3.8) is 0 Å². The van der Waals surface area contributed by atoms with E-state index in [1.54, 1.807) is 13.8 Å². The monoisotopic (exact) mass is 318 g/mol. The van der Waals surface area contributed by atoms with Crippen LogP contribution in [0.2, 0.25) is 0 Å². The second-order valence-electron chi connectivity index (χ2n) is 5.36. The number of hydrogen-bond donors (Lipinski definition) is 3. The summed E-state index contributed by atoms with van der Waals surface area (Å²) in [6, 6.07) is 3.50. The maximum Gasteiger partial charge on any atom is 0.286 e. The van der Waals surface area contributed by atoms with Crippen molar-refractivity contribution in [3.05, 3.63) is 45.1 Å². The van der Waals surface area contributed by atoms with Gasteiger partial charge in [-0.25, -0.2) is 0 Å². The van der Waals surface area contributed by atoms with Crippen LogP contribution in [0.15, 0.2) is 27.4 Å². The number of phenolic OH excluding ortho intramolecular Hbond substituents is 1. The Kier molecular flexibility index (Phi) is 4.86. The first-order valence-corrected chi connectivity index (χ1v) is 7.20. The van der Waals surface area contributed by atoms with Crippen LogP contribution in [0.25, 0.3) is 11.3 Å². The molecule has 0 aliphatic heterocycles. The zero-order valence-electron chi connectivity index (χ0n) is 12.9. The normalized spacial score (nSPS) is 12.1. The van der Waals surface area contributed by atoms with E-state index in [1.165, 1.54) is 12.1 Å². The summed E-state index contributed by atoms with van der Waals surface area (Å²) in [5.74, 6) is -0.675. The van der Waals surface area contributed by atoms with E-state index in [1.807, 2.05) is 0 Å². The highest BCUT2D eigenvalue weighted by Crippen LogP contribution is 2.35. The zero-order chi connectivity index (χ0) is 17.1. The third kappa shape index (κ3) is 3.43. The molecule has 0 saturated heterocycles. The molecule has 0 radical (unpaired) electrons. The fraction of sp³-hybridized carbons (Fsp3) is 0.294. The number of aromatic hydroxyl groups is 2. The molecule has 1 unspecified atom stereocenters. The minimum Gasteiger partial charge on any atom is -0.507 e. The van der Waals surface area contributed by atoms with Gasteiger partial charge in [-0.3, -0.25) is 9.59 Å². The lowest BCUT2D eigenvalue weighted by atomic mass is 9.90. The maximum atomic E-state index is 11.6. The largest absolute Gasteiger partial charge is 0.507 e. The van der Waals surface area contributed by atoms with Crippen LogP contribution < -0.4 is 5.43 Å². The average molecular weight is 318 g/mol. The Balaban J connectivity index is 2.79. The van der Waals surface area contributed by atoms with Crippen molar-refractivity contribution in [3.8, 4) is 23.0 Å². The Labute approximate surface area is 132 Å². The molecule has 1 aromatic carbocycles. The van der Waals surface area contributed by atoms with E-state index in [0.717, 1.165) is 6.07 Å². The number of hydrogen-bond acceptors (Lipinski definition) is 6. The van der Waals surface area contributed by atoms with Crippen molar-refractivity contribution in [1.29, 1.82) is 0 Å². The van der Waals surface area contributed by atoms with Crippen LogP contribution in [-0.4, -0.2) is 27.7 Å². The molecule has 122 valence electrons. The molecule has 0 saturated carbocycles. The molecule has 0 fully saturated rings. The van der Waals surface area contributed by atoms with Gasteiger partial charge in [0.05, 0.1) is 17.7 Å². The number of benzene rings is 1. The molecule has 0 spiro atoms. The molecule has 0 bridgehead atoms. The Hall–Kier alpha value is -2.60. The van der Waals surface area contributed by atoms with Crippen LogP contribution in [0.3, 0.4) is 0 Å². The molecule has 0 aliphatic carbocycles. The van der Waals surface area contributed by atoms with Crippen molar-refractivity contribution in [1.82, 2.24) is 0 Å². The van der Waals surface area contributed by atoms with Crippen LogP contribution in [0.1, 0.15) is 34.8 Å². The SMILES string of the molecule is CCC(O)Cc1c(C=O)c(O)cc(C)c1-c1cc(=O)cc(O)o1. The number of aliphatic hydroxyl groups is 1. The first-order valence-electron chi connectivity index (χ1n) is 7.20. The van der Waals surface area contributed by atoms with E-state index in [4.69, 9.17) is 4.42 Å². The fourth-order valence-corrected chi connectivity index (χ4v) is 2.54. The average Bonchev–Trinajstić information content (AvgIpc) is 2.46. The predicted octanol–water partition coefficient (Wildman–Crippen LogP) is 2.15. The van der Waals surface area contributed by atoms with Crippen molar-refractivity contribution >= 4 is 6.29 Å². The van der Waals surface area contributed by atoms with Gasteiger partial charge >= 0.3 is 0 Å². The second kappa shape index (κ2) is 6.66. The van der Waals surface area contributed by atoms with Crippen molar-refractivity contribution < 1.29 is 24.5 Å². The van der Waals surface area contributed by atoms with E-state index in [0.29, 0.717) is 29.4 Å². The lowest BCUT2D eigenvalue weighted by Gasteiger charge is -2.18. The van der Waals surface area contributed by atoms with Gasteiger partial charge in [-0.05, 0) is 37.0 Å². The van der Waals surface area contributed by atoms with Gasteiger partial charge in [-0.15, -0.1) is 0 Å². The molecule has 1 aromatic heterocycles. The quantitative estimate of drug-likeness (QED) is 0.729. The third-order valence-electron chi connectivity index (χ3n) is 3.68. The topological polar surface area (TPSA) is 108 Å². The number of carbonyl (C=O) groups is 1. The highest BCUT2D eigenvalue weighted by molar-refractivity contribution is 5.87. The predicted molar refractivity (Wildman–Crippen MR) is 83.9 cm³/mol. The van der Waals surface area contributed by atoms with Gasteiger partial charge in [-0.1, -0.05) is 6.92 Å². The standard InChI is InChI=1S/C17H18O6/c1-3-10(19)5-12-13(8-18)14(21)4-9(2)17(12)15-6-11(20)7-16(22)23-15/h4,6-8,10,19,21-22H,3,5H2,1-2H3. The molecule has 0 amide bonds. The first kappa shape index (κ1) is 16.8. The summed E-state index contributed by atoms with van der Waals surface area (Å²) in [6.07, 6.45) is 0.333. The lowest BCUT2D eigenvalue weighted by Crippen LogP contribution is -2.12. The summed E-state index contributed by atoms with van der Waals surface area (Å²) in [7, 11) is 0. The highest BCUT2D eigenvalue weighted by atomic mass is 16.5. The van der Waals surface area contributed by atoms with Gasteiger partial charge in [0.2, 0.25) is 0 Å². The molecule has 3 N–H and O–H groups in total. The van der Waals surface area contributed by atoms with Crippen molar-refractivity contribution in [2.24, 2.45) is 0 Å². The van der Waals surface area contributed by atoms with Gasteiger partial charge in [0.15, 0.2) is 11.7 Å². The summed E-state index contributed by atoms with van der Waals surface area (Å²) in [5, 5.41) is 29.4. The summed E-state index contributed by atoms with van der Waals surface area (Å²) in [5.41, 5.74) is 0.918. The Morgan fingerprint density at radius 2 is 1.96 bits per heavy atom. The van der Waals surface area contributed by atoms with Gasteiger partial charge < -0.3 is 19.7 Å². The fourth-order valence-electron chi connectivity index (χ4n) is 2.54. The Morgan fingerprint density at radius 1 is 1.26 bits per heavy atom. The van der Waals surface area contributed by atoms with Gasteiger partial charge in [-0.2, -0.15) is 0 Å². The van der Waals surface area contributed by atoms with E-state index < -0.39 is 17.5 Å². The number of carbonyl (C=O) groups excluding carboxylic acids is 1. The highest BCUT2D eigenvalue weighted by Gasteiger charge is 2.21. The molecule has 1 atom stereocenters. The van der Waals surface area contributed by atoms with Gasteiger partial charge in [0.25, 0.3) is 5.95 Å². The number of rotatable bonds is 5. The van der Waals surface area contributed by atoms with E-state index in [2.05, 4.69) is 0 Å². The van der Waals surface area contributed by atoms with Crippen LogP contribution in [0.5, 0.6) is 11.7 Å². The Morgan fingerprint density at radius 3 is 2.52 bits per heavy atom. The number of aryl methyl sites for hydroxylation is 1. The molecular weight excluding hydrogens is 300 g/mol. The summed E-state index contributed by atoms with van der Waals surface area (Å²) in [4.78, 5) is 23.0.